The highest BCUT2D eigenvalue weighted by Gasteiger charge is 2.23. The van der Waals surface area contributed by atoms with Crippen molar-refractivity contribution < 1.29 is 4.42 Å². The highest BCUT2D eigenvalue weighted by atomic mass is 32.1. The summed E-state index contributed by atoms with van der Waals surface area (Å²) in [5, 5.41) is 7.20. The van der Waals surface area contributed by atoms with Gasteiger partial charge in [-0.2, -0.15) is 0 Å². The Balaban J connectivity index is 1.27. The molecule has 0 amide bonds. The van der Waals surface area contributed by atoms with Crippen molar-refractivity contribution in [2.45, 2.75) is 0 Å². The van der Waals surface area contributed by atoms with Crippen molar-refractivity contribution in [3.63, 3.8) is 0 Å². The zero-order chi connectivity index (χ0) is 32.3. The maximum atomic E-state index is 6.54. The number of thiophene rings is 1. The third-order valence-corrected chi connectivity index (χ3v) is 10.8. The summed E-state index contributed by atoms with van der Waals surface area (Å²) in [4.78, 5) is 2.44. The average molecular weight is 644 g/mol. The molecule has 2 aromatic heterocycles. The monoisotopic (exact) mass is 643 g/mol. The van der Waals surface area contributed by atoms with E-state index in [0.29, 0.717) is 0 Å². The third kappa shape index (κ3) is 4.55. The smallest absolute Gasteiger partial charge is 0.136 e. The molecule has 8 aromatic carbocycles. The minimum Gasteiger partial charge on any atom is -0.456 e. The van der Waals surface area contributed by atoms with Crippen LogP contribution in [-0.2, 0) is 0 Å². The van der Waals surface area contributed by atoms with Gasteiger partial charge in [0, 0.05) is 47.8 Å². The van der Waals surface area contributed by atoms with Gasteiger partial charge in [-0.25, -0.2) is 0 Å². The van der Waals surface area contributed by atoms with Crippen molar-refractivity contribution in [3.05, 3.63) is 176 Å². The lowest BCUT2D eigenvalue weighted by Gasteiger charge is -2.30. The van der Waals surface area contributed by atoms with E-state index in [4.69, 9.17) is 4.42 Å². The van der Waals surface area contributed by atoms with Crippen LogP contribution in [0.5, 0.6) is 0 Å². The number of para-hydroxylation sites is 2. The van der Waals surface area contributed by atoms with Crippen LogP contribution in [0.15, 0.2) is 180 Å². The molecule has 10 rings (SSSR count). The van der Waals surface area contributed by atoms with E-state index in [2.05, 4.69) is 181 Å². The maximum Gasteiger partial charge on any atom is 0.136 e. The van der Waals surface area contributed by atoms with E-state index in [0.717, 1.165) is 50.1 Å². The zero-order valence-corrected chi connectivity index (χ0v) is 27.3. The van der Waals surface area contributed by atoms with Gasteiger partial charge in [0.1, 0.15) is 11.2 Å². The second-order valence-corrected chi connectivity index (χ2v) is 13.6. The molecule has 0 saturated carbocycles. The molecule has 0 aliphatic heterocycles. The van der Waals surface area contributed by atoms with Crippen LogP contribution < -0.4 is 4.90 Å². The summed E-state index contributed by atoms with van der Waals surface area (Å²) in [5.74, 6) is 0. The number of rotatable bonds is 5. The van der Waals surface area contributed by atoms with Crippen LogP contribution in [-0.4, -0.2) is 0 Å². The molecule has 0 aliphatic rings. The van der Waals surface area contributed by atoms with Crippen molar-refractivity contribution in [1.82, 2.24) is 0 Å². The van der Waals surface area contributed by atoms with Crippen LogP contribution in [0.3, 0.4) is 0 Å². The molecule has 0 fully saturated rings. The summed E-state index contributed by atoms with van der Waals surface area (Å²) in [5.41, 5.74) is 9.77. The summed E-state index contributed by atoms with van der Waals surface area (Å²) in [6, 6.07) is 63.3. The van der Waals surface area contributed by atoms with E-state index in [-0.39, 0.29) is 0 Å². The Kier molecular flexibility index (Phi) is 6.39. The standard InChI is InChI=1S/C46H29NOS/c1-2-13-30(14-3-1)34-17-6-9-21-40(34)47(33-25-26-45-38(29-33)36-19-8-11-24-44(36)49-45)41-22-10-7-18-35(41)37-20-12-23-42-46(37)39-27-31-15-4-5-16-32(31)28-43(39)48-42/h1-29H. The Labute approximate surface area is 287 Å². The highest BCUT2D eigenvalue weighted by molar-refractivity contribution is 7.25. The van der Waals surface area contributed by atoms with Gasteiger partial charge in [0.2, 0.25) is 0 Å². The van der Waals surface area contributed by atoms with Gasteiger partial charge in [0.05, 0.1) is 11.4 Å². The maximum absolute atomic E-state index is 6.54. The summed E-state index contributed by atoms with van der Waals surface area (Å²) in [7, 11) is 0. The van der Waals surface area contributed by atoms with Crippen molar-refractivity contribution in [3.8, 4) is 22.3 Å². The van der Waals surface area contributed by atoms with Gasteiger partial charge in [0.25, 0.3) is 0 Å². The molecule has 2 nitrogen and oxygen atoms in total. The van der Waals surface area contributed by atoms with Crippen LogP contribution >= 0.6 is 11.3 Å². The lowest BCUT2D eigenvalue weighted by Crippen LogP contribution is -2.12. The van der Waals surface area contributed by atoms with Crippen molar-refractivity contribution in [2.75, 3.05) is 4.90 Å². The number of nitrogens with zero attached hydrogens (tertiary/aromatic N) is 1. The number of furan rings is 1. The molecular weight excluding hydrogens is 615 g/mol. The normalized spacial score (nSPS) is 11.7. The summed E-state index contributed by atoms with van der Waals surface area (Å²) < 4.78 is 9.13. The van der Waals surface area contributed by atoms with E-state index >= 15 is 0 Å². The predicted octanol–water partition coefficient (Wildman–Crippen LogP) is 13.9. The molecule has 49 heavy (non-hydrogen) atoms. The van der Waals surface area contributed by atoms with Crippen LogP contribution in [0.25, 0.3) is 75.1 Å². The Bertz CT molecular complexity index is 2840. The van der Waals surface area contributed by atoms with Crippen LogP contribution in [0.4, 0.5) is 17.1 Å². The van der Waals surface area contributed by atoms with Crippen molar-refractivity contribution in [2.24, 2.45) is 0 Å². The molecule has 0 spiro atoms. The first-order valence-electron chi connectivity index (χ1n) is 16.6. The Hall–Kier alpha value is -6.16. The fourth-order valence-electron chi connectivity index (χ4n) is 7.42. The summed E-state index contributed by atoms with van der Waals surface area (Å²) in [6.45, 7) is 0. The van der Waals surface area contributed by atoms with Gasteiger partial charge in [-0.3, -0.25) is 0 Å². The first kappa shape index (κ1) is 27.9. The number of anilines is 3. The molecule has 0 radical (unpaired) electrons. The molecule has 0 N–H and O–H groups in total. The first-order valence-corrected chi connectivity index (χ1v) is 17.4. The second kappa shape index (κ2) is 11.2. The van der Waals surface area contributed by atoms with E-state index in [9.17, 15) is 0 Å². The molecule has 0 unspecified atom stereocenters. The Morgan fingerprint density at radius 3 is 1.92 bits per heavy atom. The lowest BCUT2D eigenvalue weighted by molar-refractivity contribution is 0.669. The van der Waals surface area contributed by atoms with Crippen LogP contribution in [0, 0.1) is 0 Å². The lowest BCUT2D eigenvalue weighted by atomic mass is 9.95. The average Bonchev–Trinajstić information content (AvgIpc) is 3.72. The van der Waals surface area contributed by atoms with Gasteiger partial charge in [-0.05, 0) is 76.5 Å². The molecular formula is C46H29NOS. The third-order valence-electron chi connectivity index (χ3n) is 9.65. The van der Waals surface area contributed by atoms with E-state index in [1.54, 1.807) is 0 Å². The zero-order valence-electron chi connectivity index (χ0n) is 26.5. The Morgan fingerprint density at radius 1 is 0.408 bits per heavy atom. The van der Waals surface area contributed by atoms with Crippen LogP contribution in [0.2, 0.25) is 0 Å². The largest absolute Gasteiger partial charge is 0.456 e. The van der Waals surface area contributed by atoms with Gasteiger partial charge in [0.15, 0.2) is 0 Å². The number of hydrogen-bond donors (Lipinski definition) is 0. The molecule has 2 heterocycles. The minimum absolute atomic E-state index is 0.889. The van der Waals surface area contributed by atoms with Gasteiger partial charge in [-0.15, -0.1) is 11.3 Å². The molecule has 0 bridgehead atoms. The fourth-order valence-corrected chi connectivity index (χ4v) is 8.51. The highest BCUT2D eigenvalue weighted by Crippen LogP contribution is 2.48. The van der Waals surface area contributed by atoms with Crippen LogP contribution in [0.1, 0.15) is 0 Å². The van der Waals surface area contributed by atoms with E-state index in [1.165, 1.54) is 42.1 Å². The molecule has 3 heteroatoms. The van der Waals surface area contributed by atoms with E-state index < -0.39 is 0 Å². The second-order valence-electron chi connectivity index (χ2n) is 12.5. The van der Waals surface area contributed by atoms with Gasteiger partial charge in [-0.1, -0.05) is 121 Å². The molecule has 0 atom stereocenters. The molecule has 0 saturated heterocycles. The van der Waals surface area contributed by atoms with Gasteiger partial charge >= 0.3 is 0 Å². The Morgan fingerprint density at radius 2 is 1.06 bits per heavy atom. The molecule has 230 valence electrons. The topological polar surface area (TPSA) is 16.4 Å². The van der Waals surface area contributed by atoms with Crippen molar-refractivity contribution in [1.29, 1.82) is 0 Å². The summed E-state index contributed by atoms with van der Waals surface area (Å²) in [6.07, 6.45) is 0. The molecule has 0 aliphatic carbocycles. The first-order chi connectivity index (χ1) is 24.3. The fraction of sp³-hybridized carbons (Fsp3) is 0. The minimum atomic E-state index is 0.889. The summed E-state index contributed by atoms with van der Waals surface area (Å²) >= 11 is 1.85. The predicted molar refractivity (Wildman–Crippen MR) is 210 cm³/mol. The molecule has 10 aromatic rings. The number of hydrogen-bond acceptors (Lipinski definition) is 3. The van der Waals surface area contributed by atoms with Crippen molar-refractivity contribution >= 4 is 81.3 Å². The van der Waals surface area contributed by atoms with Gasteiger partial charge < -0.3 is 9.32 Å². The van der Waals surface area contributed by atoms with E-state index in [1.807, 2.05) is 11.3 Å². The quantitative estimate of drug-likeness (QED) is 0.186. The SMILES string of the molecule is c1ccc(-c2ccccc2N(c2ccc3sc4ccccc4c3c2)c2ccccc2-c2cccc3oc4cc5ccccc5cc4c23)cc1. The number of benzene rings is 8. The number of fused-ring (bicyclic) bond motifs is 7.